The number of benzene rings is 1. The smallest absolute Gasteiger partial charge is 0.147 e. The molecule has 0 bridgehead atoms. The van der Waals surface area contributed by atoms with E-state index in [1.54, 1.807) is 6.07 Å². The molecule has 0 amide bonds. The van der Waals surface area contributed by atoms with Crippen molar-refractivity contribution in [3.05, 3.63) is 28.5 Å². The summed E-state index contributed by atoms with van der Waals surface area (Å²) in [7, 11) is 0. The Labute approximate surface area is 104 Å². The van der Waals surface area contributed by atoms with E-state index in [-0.39, 0.29) is 17.9 Å². The van der Waals surface area contributed by atoms with E-state index >= 15 is 0 Å². The summed E-state index contributed by atoms with van der Waals surface area (Å²) < 4.78 is 14.3. The minimum atomic E-state index is -0.214. The minimum Gasteiger partial charge on any atom is -0.379 e. The zero-order chi connectivity index (χ0) is 11.5. The molecule has 2 nitrogen and oxygen atoms in total. The van der Waals surface area contributed by atoms with E-state index in [9.17, 15) is 4.39 Å². The van der Waals surface area contributed by atoms with E-state index in [0.29, 0.717) is 5.69 Å². The fraction of sp³-hybridized carbons (Fsp3) is 0.500. The highest BCUT2D eigenvalue weighted by molar-refractivity contribution is 9.10. The number of halogens is 2. The van der Waals surface area contributed by atoms with Crippen LogP contribution in [0.25, 0.3) is 0 Å². The van der Waals surface area contributed by atoms with Gasteiger partial charge in [-0.3, -0.25) is 0 Å². The molecule has 16 heavy (non-hydrogen) atoms. The normalized spacial score (nSPS) is 25.4. The summed E-state index contributed by atoms with van der Waals surface area (Å²) in [5, 5.41) is 3.25. The number of nitrogens with one attached hydrogen (secondary N) is 1. The fourth-order valence-corrected chi connectivity index (χ4v) is 2.65. The third kappa shape index (κ3) is 2.74. The minimum absolute atomic E-state index is 0.214. The number of anilines is 1. The van der Waals surface area contributed by atoms with Gasteiger partial charge in [-0.05, 0) is 53.7 Å². The number of para-hydroxylation sites is 1. The van der Waals surface area contributed by atoms with Crippen molar-refractivity contribution >= 4 is 21.6 Å². The first-order chi connectivity index (χ1) is 7.66. The van der Waals surface area contributed by atoms with Gasteiger partial charge in [0, 0.05) is 16.6 Å². The molecule has 0 spiro atoms. The maximum Gasteiger partial charge on any atom is 0.147 e. The summed E-state index contributed by atoms with van der Waals surface area (Å²) in [6, 6.07) is 5.54. The molecular formula is C12H16BrFN2. The first kappa shape index (κ1) is 11.9. The van der Waals surface area contributed by atoms with Crippen LogP contribution in [0.2, 0.25) is 0 Å². The molecule has 0 saturated heterocycles. The molecular weight excluding hydrogens is 271 g/mol. The molecule has 0 aromatic heterocycles. The summed E-state index contributed by atoms with van der Waals surface area (Å²) in [5.41, 5.74) is 6.47. The zero-order valence-corrected chi connectivity index (χ0v) is 10.6. The molecule has 0 radical (unpaired) electrons. The van der Waals surface area contributed by atoms with E-state index < -0.39 is 0 Å². The van der Waals surface area contributed by atoms with Crippen molar-refractivity contribution in [1.82, 2.24) is 0 Å². The van der Waals surface area contributed by atoms with Crippen molar-refractivity contribution in [1.29, 1.82) is 0 Å². The van der Waals surface area contributed by atoms with Crippen molar-refractivity contribution in [2.75, 3.05) is 5.32 Å². The van der Waals surface area contributed by atoms with Crippen LogP contribution in [0.3, 0.4) is 0 Å². The summed E-state index contributed by atoms with van der Waals surface area (Å²) in [5.74, 6) is -0.214. The number of hydrogen-bond donors (Lipinski definition) is 2. The maximum atomic E-state index is 13.6. The highest BCUT2D eigenvalue weighted by atomic mass is 79.9. The zero-order valence-electron chi connectivity index (χ0n) is 9.05. The molecule has 4 heteroatoms. The summed E-state index contributed by atoms with van der Waals surface area (Å²) >= 11 is 3.36. The van der Waals surface area contributed by atoms with Crippen molar-refractivity contribution in [3.8, 4) is 0 Å². The van der Waals surface area contributed by atoms with Crippen LogP contribution < -0.4 is 11.1 Å². The highest BCUT2D eigenvalue weighted by Gasteiger charge is 2.20. The van der Waals surface area contributed by atoms with Crippen LogP contribution in [0.15, 0.2) is 22.7 Å². The van der Waals surface area contributed by atoms with Gasteiger partial charge in [-0.25, -0.2) is 4.39 Å². The Bertz CT molecular complexity index is 350. The van der Waals surface area contributed by atoms with Crippen LogP contribution >= 0.6 is 15.9 Å². The van der Waals surface area contributed by atoms with Gasteiger partial charge in [0.05, 0.1) is 5.69 Å². The van der Waals surface area contributed by atoms with E-state index in [0.717, 1.165) is 30.2 Å². The highest BCUT2D eigenvalue weighted by Crippen LogP contribution is 2.28. The predicted octanol–water partition coefficient (Wildman–Crippen LogP) is 3.27. The lowest BCUT2D eigenvalue weighted by atomic mass is 9.91. The van der Waals surface area contributed by atoms with Crippen molar-refractivity contribution in [2.24, 2.45) is 5.73 Å². The molecule has 1 aromatic carbocycles. The van der Waals surface area contributed by atoms with Gasteiger partial charge < -0.3 is 11.1 Å². The molecule has 2 unspecified atom stereocenters. The maximum absolute atomic E-state index is 13.6. The molecule has 1 aromatic rings. The van der Waals surface area contributed by atoms with E-state index in [1.165, 1.54) is 6.07 Å². The average Bonchev–Trinajstić information content (AvgIpc) is 2.24. The molecule has 1 aliphatic carbocycles. The number of nitrogens with two attached hydrogens (primary N) is 1. The van der Waals surface area contributed by atoms with E-state index in [2.05, 4.69) is 21.2 Å². The van der Waals surface area contributed by atoms with Gasteiger partial charge in [-0.2, -0.15) is 0 Å². The second-order valence-corrected chi connectivity index (χ2v) is 5.22. The molecule has 1 fully saturated rings. The topological polar surface area (TPSA) is 38.0 Å². The second kappa shape index (κ2) is 5.15. The van der Waals surface area contributed by atoms with Crippen LogP contribution in [0, 0.1) is 5.82 Å². The average molecular weight is 287 g/mol. The lowest BCUT2D eigenvalue weighted by Gasteiger charge is -2.28. The Balaban J connectivity index is 2.08. The van der Waals surface area contributed by atoms with Gasteiger partial charge in [0.2, 0.25) is 0 Å². The third-order valence-corrected chi connectivity index (χ3v) is 3.69. The predicted molar refractivity (Wildman–Crippen MR) is 68.0 cm³/mol. The first-order valence-electron chi connectivity index (χ1n) is 5.63. The van der Waals surface area contributed by atoms with Gasteiger partial charge in [0.15, 0.2) is 0 Å². The summed E-state index contributed by atoms with van der Waals surface area (Å²) in [6.07, 6.45) is 4.18. The van der Waals surface area contributed by atoms with Crippen molar-refractivity contribution in [3.63, 3.8) is 0 Å². The van der Waals surface area contributed by atoms with Crippen LogP contribution in [-0.4, -0.2) is 12.1 Å². The van der Waals surface area contributed by atoms with Crippen LogP contribution in [-0.2, 0) is 0 Å². The van der Waals surface area contributed by atoms with Gasteiger partial charge in [0.25, 0.3) is 0 Å². The first-order valence-corrected chi connectivity index (χ1v) is 6.42. The number of rotatable bonds is 2. The van der Waals surface area contributed by atoms with E-state index in [1.807, 2.05) is 6.07 Å². The van der Waals surface area contributed by atoms with Gasteiger partial charge in [-0.15, -0.1) is 0 Å². The Hall–Kier alpha value is -0.610. The molecule has 2 atom stereocenters. The standard InChI is InChI=1S/C12H16BrFN2/c13-10-5-2-6-11(14)12(10)16-9-4-1-3-8(15)7-9/h2,5-6,8-9,16H,1,3-4,7,15H2. The molecule has 0 aliphatic heterocycles. The van der Waals surface area contributed by atoms with Crippen molar-refractivity contribution in [2.45, 2.75) is 37.8 Å². The van der Waals surface area contributed by atoms with Crippen LogP contribution in [0.1, 0.15) is 25.7 Å². The molecule has 2 rings (SSSR count). The Morgan fingerprint density at radius 3 is 2.88 bits per heavy atom. The van der Waals surface area contributed by atoms with Gasteiger partial charge in [0.1, 0.15) is 5.82 Å². The lowest BCUT2D eigenvalue weighted by molar-refractivity contribution is 0.408. The Kier molecular flexibility index (Phi) is 3.82. The molecule has 1 aliphatic rings. The molecule has 0 heterocycles. The van der Waals surface area contributed by atoms with Crippen molar-refractivity contribution < 1.29 is 4.39 Å². The molecule has 1 saturated carbocycles. The number of hydrogen-bond acceptors (Lipinski definition) is 2. The quantitative estimate of drug-likeness (QED) is 0.876. The lowest BCUT2D eigenvalue weighted by Crippen LogP contribution is -2.35. The van der Waals surface area contributed by atoms with Crippen LogP contribution in [0.5, 0.6) is 0 Å². The second-order valence-electron chi connectivity index (χ2n) is 4.36. The fourth-order valence-electron chi connectivity index (χ4n) is 2.20. The summed E-state index contributed by atoms with van der Waals surface area (Å²) in [4.78, 5) is 0. The SMILES string of the molecule is NC1CCCC(Nc2c(F)cccc2Br)C1. The van der Waals surface area contributed by atoms with Gasteiger partial charge >= 0.3 is 0 Å². The van der Waals surface area contributed by atoms with E-state index in [4.69, 9.17) is 5.73 Å². The molecule has 88 valence electrons. The monoisotopic (exact) mass is 286 g/mol. The Morgan fingerprint density at radius 1 is 1.38 bits per heavy atom. The third-order valence-electron chi connectivity index (χ3n) is 3.03. The van der Waals surface area contributed by atoms with Gasteiger partial charge in [-0.1, -0.05) is 6.07 Å². The van der Waals surface area contributed by atoms with Crippen LogP contribution in [0.4, 0.5) is 10.1 Å². The summed E-state index contributed by atoms with van der Waals surface area (Å²) in [6.45, 7) is 0. The largest absolute Gasteiger partial charge is 0.379 e. The Morgan fingerprint density at radius 2 is 2.19 bits per heavy atom. The molecule has 3 N–H and O–H groups in total.